The van der Waals surface area contributed by atoms with E-state index in [1.54, 1.807) is 0 Å². The zero-order chi connectivity index (χ0) is 18.6. The second-order valence-corrected chi connectivity index (χ2v) is 7.40. The van der Waals surface area contributed by atoms with Crippen LogP contribution in [-0.2, 0) is 4.74 Å². The van der Waals surface area contributed by atoms with Crippen molar-refractivity contribution in [3.05, 3.63) is 29.6 Å². The molecule has 1 aromatic rings. The van der Waals surface area contributed by atoms with Gasteiger partial charge in [0.25, 0.3) is 0 Å². The maximum absolute atomic E-state index is 13.9. The first-order chi connectivity index (χ1) is 11.6. The number of nitrogens with one attached hydrogen (secondary N) is 2. The summed E-state index contributed by atoms with van der Waals surface area (Å²) in [6.45, 7) is 5.46. The molecule has 1 fully saturated rings. The first-order valence-corrected chi connectivity index (χ1v) is 8.49. The molecule has 25 heavy (non-hydrogen) atoms. The van der Waals surface area contributed by atoms with Gasteiger partial charge in [0.2, 0.25) is 5.91 Å². The third kappa shape index (κ3) is 5.92. The van der Waals surface area contributed by atoms with Crippen molar-refractivity contribution in [2.75, 3.05) is 5.32 Å². The quantitative estimate of drug-likeness (QED) is 0.777. The second kappa shape index (κ2) is 7.72. The van der Waals surface area contributed by atoms with Gasteiger partial charge in [-0.15, -0.1) is 0 Å². The van der Waals surface area contributed by atoms with Crippen LogP contribution >= 0.6 is 0 Å². The Balaban J connectivity index is 1.86. The van der Waals surface area contributed by atoms with Crippen molar-refractivity contribution in [3.8, 4) is 0 Å². The van der Waals surface area contributed by atoms with Crippen LogP contribution in [0.4, 0.5) is 14.9 Å². The Morgan fingerprint density at radius 3 is 2.32 bits per heavy atom. The number of primary amides is 1. The van der Waals surface area contributed by atoms with Gasteiger partial charge >= 0.3 is 6.09 Å². The highest BCUT2D eigenvalue weighted by molar-refractivity contribution is 5.93. The van der Waals surface area contributed by atoms with Crippen molar-refractivity contribution >= 4 is 17.7 Å². The van der Waals surface area contributed by atoms with Crippen LogP contribution in [0.2, 0.25) is 0 Å². The number of ether oxygens (including phenoxy) is 1. The number of carbonyl (C=O) groups excluding carboxylic acids is 2. The summed E-state index contributed by atoms with van der Waals surface area (Å²) in [7, 11) is 0. The average molecular weight is 351 g/mol. The van der Waals surface area contributed by atoms with Gasteiger partial charge in [-0.05, 0) is 64.7 Å². The highest BCUT2D eigenvalue weighted by Crippen LogP contribution is 2.25. The maximum atomic E-state index is 13.9. The lowest BCUT2D eigenvalue weighted by atomic mass is 9.91. The number of anilines is 1. The second-order valence-electron chi connectivity index (χ2n) is 7.40. The monoisotopic (exact) mass is 351 g/mol. The summed E-state index contributed by atoms with van der Waals surface area (Å²) >= 11 is 0. The number of rotatable bonds is 4. The van der Waals surface area contributed by atoms with Gasteiger partial charge in [0, 0.05) is 17.6 Å². The molecule has 0 bridgehead atoms. The van der Waals surface area contributed by atoms with E-state index in [1.165, 1.54) is 18.2 Å². The first kappa shape index (κ1) is 19.0. The smallest absolute Gasteiger partial charge is 0.407 e. The Bertz CT molecular complexity index is 635. The molecule has 0 saturated heterocycles. The third-order valence-corrected chi connectivity index (χ3v) is 4.06. The van der Waals surface area contributed by atoms with Gasteiger partial charge in [0.05, 0.1) is 5.69 Å². The summed E-state index contributed by atoms with van der Waals surface area (Å²) in [5, 5.41) is 6.00. The summed E-state index contributed by atoms with van der Waals surface area (Å²) in [6.07, 6.45) is 2.69. The van der Waals surface area contributed by atoms with E-state index in [0.717, 1.165) is 25.7 Å². The van der Waals surface area contributed by atoms with Gasteiger partial charge in [-0.25, -0.2) is 9.18 Å². The molecule has 7 heteroatoms. The Morgan fingerprint density at radius 1 is 1.16 bits per heavy atom. The lowest BCUT2D eigenvalue weighted by Gasteiger charge is -2.31. The Hall–Kier alpha value is -2.31. The number of alkyl carbamates (subject to hydrolysis) is 1. The van der Waals surface area contributed by atoms with E-state index in [1.807, 2.05) is 20.8 Å². The predicted molar refractivity (Wildman–Crippen MR) is 94.0 cm³/mol. The summed E-state index contributed by atoms with van der Waals surface area (Å²) < 4.78 is 19.2. The van der Waals surface area contributed by atoms with Crippen molar-refractivity contribution in [3.63, 3.8) is 0 Å². The predicted octanol–water partition coefficient (Wildman–Crippen LogP) is 3.17. The highest BCUT2D eigenvalue weighted by atomic mass is 19.1. The SMILES string of the molecule is CC(C)(C)OC(=O)NC1CCC(Nc2cc(C(N)=O)ccc2F)CC1. The Kier molecular flexibility index (Phi) is 5.87. The summed E-state index contributed by atoms with van der Waals surface area (Å²) in [5.74, 6) is -1.01. The number of halogens is 1. The Labute approximate surface area is 147 Å². The van der Waals surface area contributed by atoms with Crippen molar-refractivity contribution in [2.45, 2.75) is 64.1 Å². The van der Waals surface area contributed by atoms with Crippen LogP contribution in [-0.4, -0.2) is 29.7 Å². The minimum Gasteiger partial charge on any atom is -0.444 e. The number of hydrogen-bond donors (Lipinski definition) is 3. The molecule has 0 aliphatic heterocycles. The van der Waals surface area contributed by atoms with Gasteiger partial charge < -0.3 is 21.1 Å². The fourth-order valence-electron chi connectivity index (χ4n) is 2.87. The number of carbonyl (C=O) groups is 2. The summed E-state index contributed by atoms with van der Waals surface area (Å²) in [5.41, 5.74) is 5.26. The number of nitrogens with two attached hydrogens (primary N) is 1. The lowest BCUT2D eigenvalue weighted by Crippen LogP contribution is -2.42. The molecule has 0 aromatic heterocycles. The third-order valence-electron chi connectivity index (χ3n) is 4.06. The fourth-order valence-corrected chi connectivity index (χ4v) is 2.87. The van der Waals surface area contributed by atoms with Gasteiger partial charge in [-0.1, -0.05) is 0 Å². The van der Waals surface area contributed by atoms with Crippen molar-refractivity contribution < 1.29 is 18.7 Å². The van der Waals surface area contributed by atoms with Gasteiger partial charge in [0.1, 0.15) is 11.4 Å². The minimum absolute atomic E-state index is 0.0506. The molecule has 6 nitrogen and oxygen atoms in total. The highest BCUT2D eigenvalue weighted by Gasteiger charge is 2.25. The standard InChI is InChI=1S/C18H26FN3O3/c1-18(2,3)25-17(24)22-13-7-5-12(6-8-13)21-15-10-11(16(20)23)4-9-14(15)19/h4,9-10,12-13,21H,5-8H2,1-3H3,(H2,20,23)(H,22,24). The molecular formula is C18H26FN3O3. The normalized spacial score (nSPS) is 20.6. The van der Waals surface area contributed by atoms with Crippen molar-refractivity contribution in [2.24, 2.45) is 5.73 Å². The van der Waals surface area contributed by atoms with Gasteiger partial charge in [0.15, 0.2) is 0 Å². The van der Waals surface area contributed by atoms with E-state index in [-0.39, 0.29) is 23.3 Å². The summed E-state index contributed by atoms with van der Waals surface area (Å²) in [4.78, 5) is 23.0. The number of amides is 2. The van der Waals surface area contributed by atoms with Crippen molar-refractivity contribution in [1.29, 1.82) is 0 Å². The molecule has 0 heterocycles. The zero-order valence-corrected chi connectivity index (χ0v) is 14.9. The molecule has 2 amide bonds. The molecule has 0 spiro atoms. The lowest BCUT2D eigenvalue weighted by molar-refractivity contribution is 0.0492. The largest absolute Gasteiger partial charge is 0.444 e. The molecule has 138 valence electrons. The number of hydrogen-bond acceptors (Lipinski definition) is 4. The minimum atomic E-state index is -0.590. The molecule has 1 aliphatic rings. The van der Waals surface area contributed by atoms with Crippen LogP contribution in [0.15, 0.2) is 18.2 Å². The van der Waals surface area contributed by atoms with Gasteiger partial charge in [-0.3, -0.25) is 4.79 Å². The van der Waals surface area contributed by atoms with Crippen LogP contribution in [0, 0.1) is 5.82 Å². The molecule has 1 aliphatic carbocycles. The van der Waals surface area contributed by atoms with Crippen molar-refractivity contribution in [1.82, 2.24) is 5.32 Å². The van der Waals surface area contributed by atoms with E-state index in [2.05, 4.69) is 10.6 Å². The molecule has 2 rings (SSSR count). The molecule has 0 atom stereocenters. The van der Waals surface area contributed by atoms with Gasteiger partial charge in [-0.2, -0.15) is 0 Å². The van der Waals surface area contributed by atoms with Crippen LogP contribution in [0.25, 0.3) is 0 Å². The summed E-state index contributed by atoms with van der Waals surface area (Å²) in [6, 6.07) is 4.16. The van der Waals surface area contributed by atoms with E-state index in [0.29, 0.717) is 0 Å². The Morgan fingerprint density at radius 2 is 1.76 bits per heavy atom. The van der Waals surface area contributed by atoms with E-state index in [9.17, 15) is 14.0 Å². The van der Waals surface area contributed by atoms with E-state index < -0.39 is 23.4 Å². The number of benzene rings is 1. The first-order valence-electron chi connectivity index (χ1n) is 8.49. The topological polar surface area (TPSA) is 93.4 Å². The molecular weight excluding hydrogens is 325 g/mol. The molecule has 1 aromatic carbocycles. The molecule has 4 N–H and O–H groups in total. The van der Waals surface area contributed by atoms with Crippen LogP contribution in [0.5, 0.6) is 0 Å². The van der Waals surface area contributed by atoms with E-state index >= 15 is 0 Å². The molecule has 0 radical (unpaired) electrons. The maximum Gasteiger partial charge on any atom is 0.407 e. The zero-order valence-electron chi connectivity index (χ0n) is 14.9. The average Bonchev–Trinajstić information content (AvgIpc) is 2.49. The van der Waals surface area contributed by atoms with Crippen LogP contribution < -0.4 is 16.4 Å². The molecule has 1 saturated carbocycles. The van der Waals surface area contributed by atoms with Crippen LogP contribution in [0.3, 0.4) is 0 Å². The van der Waals surface area contributed by atoms with E-state index in [4.69, 9.17) is 10.5 Å². The molecule has 0 unspecified atom stereocenters. The fraction of sp³-hybridized carbons (Fsp3) is 0.556. The van der Waals surface area contributed by atoms with Crippen LogP contribution in [0.1, 0.15) is 56.8 Å².